The molecule has 1 aliphatic rings. The summed E-state index contributed by atoms with van der Waals surface area (Å²) in [7, 11) is 1.65. The van der Waals surface area contributed by atoms with Gasteiger partial charge in [-0.15, -0.1) is 6.58 Å². The van der Waals surface area contributed by atoms with Gasteiger partial charge in [0.1, 0.15) is 11.4 Å². The van der Waals surface area contributed by atoms with Crippen molar-refractivity contribution in [2.24, 2.45) is 0 Å². The summed E-state index contributed by atoms with van der Waals surface area (Å²) in [5.41, 5.74) is 1.83. The molecule has 144 valence electrons. The largest absolute Gasteiger partial charge is 0.497 e. The second-order valence-electron chi connectivity index (χ2n) is 6.55. The van der Waals surface area contributed by atoms with E-state index >= 15 is 0 Å². The SMILES string of the molecule is C=CCNC(=O)CN1CCN(Cc2cc(-c3ccc(OC)cc3)no2)CC1. The number of amides is 1. The first-order valence-electron chi connectivity index (χ1n) is 9.10. The Bertz CT molecular complexity index is 749. The topological polar surface area (TPSA) is 70.8 Å². The Labute approximate surface area is 159 Å². The van der Waals surface area contributed by atoms with Crippen LogP contribution in [0.25, 0.3) is 11.3 Å². The Morgan fingerprint density at radius 1 is 1.26 bits per heavy atom. The predicted octanol–water partition coefficient (Wildman–Crippen LogP) is 1.77. The minimum Gasteiger partial charge on any atom is -0.497 e. The number of hydrogen-bond acceptors (Lipinski definition) is 6. The molecule has 2 heterocycles. The van der Waals surface area contributed by atoms with Gasteiger partial charge in [0.05, 0.1) is 20.2 Å². The Hall–Kier alpha value is -2.64. The smallest absolute Gasteiger partial charge is 0.234 e. The fourth-order valence-electron chi connectivity index (χ4n) is 3.06. The maximum atomic E-state index is 11.8. The Kier molecular flexibility index (Phi) is 6.62. The molecule has 2 aromatic rings. The number of nitrogens with zero attached hydrogens (tertiary/aromatic N) is 3. The molecule has 0 saturated carbocycles. The van der Waals surface area contributed by atoms with Gasteiger partial charge in [-0.25, -0.2) is 0 Å². The normalized spacial score (nSPS) is 15.4. The molecule has 1 saturated heterocycles. The predicted molar refractivity (Wildman–Crippen MR) is 103 cm³/mol. The van der Waals surface area contributed by atoms with Crippen LogP contribution in [0.1, 0.15) is 5.76 Å². The average molecular weight is 370 g/mol. The standard InChI is InChI=1S/C20H26N4O3/c1-3-8-21-20(25)15-24-11-9-23(10-12-24)14-18-13-19(22-27-18)16-4-6-17(26-2)7-5-16/h3-7,13H,1,8-12,14-15H2,2H3,(H,21,25). The third kappa shape index (κ3) is 5.42. The zero-order chi connectivity index (χ0) is 19.1. The highest BCUT2D eigenvalue weighted by molar-refractivity contribution is 5.78. The van der Waals surface area contributed by atoms with E-state index in [1.807, 2.05) is 30.3 Å². The molecule has 1 N–H and O–H groups in total. The Balaban J connectivity index is 1.47. The van der Waals surface area contributed by atoms with E-state index < -0.39 is 0 Å². The van der Waals surface area contributed by atoms with Crippen molar-refractivity contribution >= 4 is 5.91 Å². The Morgan fingerprint density at radius 2 is 1.96 bits per heavy atom. The first-order chi connectivity index (χ1) is 13.2. The highest BCUT2D eigenvalue weighted by atomic mass is 16.5. The zero-order valence-electron chi connectivity index (χ0n) is 15.7. The lowest BCUT2D eigenvalue weighted by molar-refractivity contribution is -0.122. The van der Waals surface area contributed by atoms with Gasteiger partial charge in [-0.3, -0.25) is 14.6 Å². The van der Waals surface area contributed by atoms with Gasteiger partial charge in [0.2, 0.25) is 5.91 Å². The molecule has 0 aliphatic carbocycles. The number of rotatable bonds is 8. The Morgan fingerprint density at radius 3 is 2.63 bits per heavy atom. The average Bonchev–Trinajstić information content (AvgIpc) is 3.16. The minimum absolute atomic E-state index is 0.0442. The van der Waals surface area contributed by atoms with Crippen LogP contribution in [0, 0.1) is 0 Å². The van der Waals surface area contributed by atoms with Crippen molar-refractivity contribution in [1.29, 1.82) is 0 Å². The van der Waals surface area contributed by atoms with E-state index in [0.29, 0.717) is 13.1 Å². The summed E-state index contributed by atoms with van der Waals surface area (Å²) in [6, 6.07) is 9.74. The van der Waals surface area contributed by atoms with E-state index in [9.17, 15) is 4.79 Å². The molecular formula is C20H26N4O3. The number of aromatic nitrogens is 1. The van der Waals surface area contributed by atoms with Crippen LogP contribution in [0.5, 0.6) is 5.75 Å². The van der Waals surface area contributed by atoms with Gasteiger partial charge in [0, 0.05) is 44.4 Å². The second kappa shape index (κ2) is 9.34. The van der Waals surface area contributed by atoms with Crippen LogP contribution in [-0.4, -0.2) is 67.2 Å². The molecule has 0 bridgehead atoms. The first kappa shape index (κ1) is 19.1. The molecular weight excluding hydrogens is 344 g/mol. The maximum Gasteiger partial charge on any atom is 0.234 e. The molecule has 7 heteroatoms. The van der Waals surface area contributed by atoms with Gasteiger partial charge < -0.3 is 14.6 Å². The summed E-state index contributed by atoms with van der Waals surface area (Å²) in [5.74, 6) is 1.71. The molecule has 1 fully saturated rings. The van der Waals surface area contributed by atoms with Crippen molar-refractivity contribution in [3.63, 3.8) is 0 Å². The molecule has 27 heavy (non-hydrogen) atoms. The van der Waals surface area contributed by atoms with E-state index in [1.54, 1.807) is 13.2 Å². The van der Waals surface area contributed by atoms with Crippen molar-refractivity contribution in [2.45, 2.75) is 6.54 Å². The van der Waals surface area contributed by atoms with Gasteiger partial charge >= 0.3 is 0 Å². The first-order valence-corrected chi connectivity index (χ1v) is 9.10. The summed E-state index contributed by atoms with van der Waals surface area (Å²) in [5, 5.41) is 6.99. The van der Waals surface area contributed by atoms with Gasteiger partial charge in [0.15, 0.2) is 5.76 Å². The third-order valence-corrected chi connectivity index (χ3v) is 4.60. The maximum absolute atomic E-state index is 11.8. The van der Waals surface area contributed by atoms with Crippen molar-refractivity contribution < 1.29 is 14.1 Å². The lowest BCUT2D eigenvalue weighted by Gasteiger charge is -2.33. The van der Waals surface area contributed by atoms with Gasteiger partial charge in [-0.1, -0.05) is 11.2 Å². The van der Waals surface area contributed by atoms with E-state index in [1.165, 1.54) is 0 Å². The van der Waals surface area contributed by atoms with Crippen LogP contribution in [0.15, 0.2) is 47.5 Å². The fraction of sp³-hybridized carbons (Fsp3) is 0.400. The highest BCUT2D eigenvalue weighted by Gasteiger charge is 2.20. The molecule has 0 atom stereocenters. The monoisotopic (exact) mass is 370 g/mol. The van der Waals surface area contributed by atoms with Crippen LogP contribution in [0.4, 0.5) is 0 Å². The summed E-state index contributed by atoms with van der Waals surface area (Å²) >= 11 is 0. The molecule has 0 spiro atoms. The number of nitrogens with one attached hydrogen (secondary N) is 1. The molecule has 3 rings (SSSR count). The van der Waals surface area contributed by atoms with Crippen LogP contribution < -0.4 is 10.1 Å². The molecule has 0 unspecified atom stereocenters. The second-order valence-corrected chi connectivity index (χ2v) is 6.55. The lowest BCUT2D eigenvalue weighted by Crippen LogP contribution is -2.49. The van der Waals surface area contributed by atoms with Crippen LogP contribution in [-0.2, 0) is 11.3 Å². The van der Waals surface area contributed by atoms with E-state index in [2.05, 4.69) is 26.9 Å². The molecule has 7 nitrogen and oxygen atoms in total. The van der Waals surface area contributed by atoms with Gasteiger partial charge in [0.25, 0.3) is 0 Å². The van der Waals surface area contributed by atoms with Crippen molar-refractivity contribution in [1.82, 2.24) is 20.3 Å². The summed E-state index contributed by atoms with van der Waals surface area (Å²) in [4.78, 5) is 16.3. The van der Waals surface area contributed by atoms with Gasteiger partial charge in [-0.2, -0.15) is 0 Å². The lowest BCUT2D eigenvalue weighted by atomic mass is 10.1. The van der Waals surface area contributed by atoms with Gasteiger partial charge in [-0.05, 0) is 24.3 Å². The minimum atomic E-state index is 0.0442. The number of benzene rings is 1. The van der Waals surface area contributed by atoms with E-state index in [0.717, 1.165) is 55.5 Å². The number of piperazine rings is 1. The van der Waals surface area contributed by atoms with E-state index in [4.69, 9.17) is 9.26 Å². The van der Waals surface area contributed by atoms with Crippen molar-refractivity contribution in [3.8, 4) is 17.0 Å². The van der Waals surface area contributed by atoms with Crippen LogP contribution in [0.2, 0.25) is 0 Å². The number of hydrogen-bond donors (Lipinski definition) is 1. The third-order valence-electron chi connectivity index (χ3n) is 4.60. The molecule has 1 amide bonds. The fourth-order valence-corrected chi connectivity index (χ4v) is 3.06. The van der Waals surface area contributed by atoms with Crippen molar-refractivity contribution in [2.75, 3.05) is 46.4 Å². The number of carbonyl (C=O) groups excluding carboxylic acids is 1. The van der Waals surface area contributed by atoms with Crippen LogP contribution in [0.3, 0.4) is 0 Å². The van der Waals surface area contributed by atoms with Crippen LogP contribution >= 0.6 is 0 Å². The molecule has 0 radical (unpaired) electrons. The quantitative estimate of drug-likeness (QED) is 0.714. The molecule has 1 aliphatic heterocycles. The number of methoxy groups -OCH3 is 1. The van der Waals surface area contributed by atoms with E-state index in [-0.39, 0.29) is 5.91 Å². The van der Waals surface area contributed by atoms with Crippen molar-refractivity contribution in [3.05, 3.63) is 48.7 Å². The summed E-state index contributed by atoms with van der Waals surface area (Å²) < 4.78 is 10.7. The summed E-state index contributed by atoms with van der Waals surface area (Å²) in [6.07, 6.45) is 1.69. The summed E-state index contributed by atoms with van der Waals surface area (Å²) in [6.45, 7) is 8.79. The number of ether oxygens (including phenoxy) is 1. The highest BCUT2D eigenvalue weighted by Crippen LogP contribution is 2.22. The molecule has 1 aromatic heterocycles. The zero-order valence-corrected chi connectivity index (χ0v) is 15.7. The number of carbonyl (C=O) groups is 1. The molecule has 1 aromatic carbocycles.